The number of amides is 1. The number of anilines is 2. The summed E-state index contributed by atoms with van der Waals surface area (Å²) < 4.78 is 14.5. The number of aliphatic carboxylic acids is 2. The molecule has 1 aliphatic heterocycles. The second-order valence-corrected chi connectivity index (χ2v) is 7.88. The first-order valence-corrected chi connectivity index (χ1v) is 10.3. The van der Waals surface area contributed by atoms with Crippen molar-refractivity contribution in [2.45, 2.75) is 38.1 Å². The highest BCUT2D eigenvalue weighted by atomic mass is 19.1. The molecule has 12 heteroatoms. The van der Waals surface area contributed by atoms with Gasteiger partial charge in [0.1, 0.15) is 17.7 Å². The largest absolute Gasteiger partial charge is 0.481 e. The van der Waals surface area contributed by atoms with E-state index in [0.717, 1.165) is 0 Å². The first-order valence-electron chi connectivity index (χ1n) is 10.3. The van der Waals surface area contributed by atoms with Crippen LogP contribution in [0, 0.1) is 11.7 Å². The number of carboxylic acids is 2. The predicted molar refractivity (Wildman–Crippen MR) is 115 cm³/mol. The molecule has 11 nitrogen and oxygen atoms in total. The third-order valence-electron chi connectivity index (χ3n) is 5.45. The Bertz CT molecular complexity index is 1130. The number of hydrogen-bond donors (Lipinski definition) is 6. The maximum absolute atomic E-state index is 14.5. The van der Waals surface area contributed by atoms with Crippen LogP contribution in [0.15, 0.2) is 23.0 Å². The van der Waals surface area contributed by atoms with Crippen molar-refractivity contribution < 1.29 is 29.0 Å². The van der Waals surface area contributed by atoms with Crippen LogP contribution < -0.4 is 21.9 Å². The maximum Gasteiger partial charge on any atom is 0.326 e. The summed E-state index contributed by atoms with van der Waals surface area (Å²) in [6, 6.07) is 2.61. The van der Waals surface area contributed by atoms with E-state index in [1.165, 1.54) is 12.1 Å². The van der Waals surface area contributed by atoms with Gasteiger partial charge in [0, 0.05) is 13.0 Å². The summed E-state index contributed by atoms with van der Waals surface area (Å²) in [5.74, 6) is -3.72. The smallest absolute Gasteiger partial charge is 0.326 e. The molecule has 176 valence electrons. The van der Waals surface area contributed by atoms with Crippen molar-refractivity contribution in [1.82, 2.24) is 15.3 Å². The number of nitrogen functional groups attached to an aromatic ring is 1. The van der Waals surface area contributed by atoms with Crippen LogP contribution in [0.3, 0.4) is 0 Å². The van der Waals surface area contributed by atoms with Crippen molar-refractivity contribution in [3.05, 3.63) is 51.1 Å². The molecular formula is C21H24FN5O6. The van der Waals surface area contributed by atoms with Gasteiger partial charge >= 0.3 is 11.9 Å². The second-order valence-electron chi connectivity index (χ2n) is 7.88. The molecule has 2 atom stereocenters. The SMILES string of the molecule is Nc1nc2c(c(=O)[nH]1)CC(CCc1ccc(C(=O)N[C@@H](CCC(=O)O)C(=O)O)c(F)c1)CN2. The van der Waals surface area contributed by atoms with Crippen molar-refractivity contribution in [2.75, 3.05) is 17.6 Å². The van der Waals surface area contributed by atoms with Crippen molar-refractivity contribution in [1.29, 1.82) is 0 Å². The van der Waals surface area contributed by atoms with Gasteiger partial charge < -0.3 is 26.6 Å². The highest BCUT2D eigenvalue weighted by molar-refractivity contribution is 5.96. The molecule has 0 spiro atoms. The third kappa shape index (κ3) is 6.05. The number of fused-ring (bicyclic) bond motifs is 1. The topological polar surface area (TPSA) is 187 Å². The molecule has 1 unspecified atom stereocenters. The predicted octanol–water partition coefficient (Wildman–Crippen LogP) is 0.756. The zero-order valence-corrected chi connectivity index (χ0v) is 17.6. The summed E-state index contributed by atoms with van der Waals surface area (Å²) >= 11 is 0. The van der Waals surface area contributed by atoms with Crippen LogP contribution in [0.25, 0.3) is 0 Å². The molecule has 3 rings (SSSR count). The molecule has 0 bridgehead atoms. The zero-order chi connectivity index (χ0) is 24.1. The summed E-state index contributed by atoms with van der Waals surface area (Å²) in [6.07, 6.45) is 0.879. The van der Waals surface area contributed by atoms with Gasteiger partial charge in [-0.2, -0.15) is 4.98 Å². The van der Waals surface area contributed by atoms with Gasteiger partial charge in [-0.25, -0.2) is 9.18 Å². The number of aryl methyl sites for hydroxylation is 1. The molecule has 1 aliphatic rings. The lowest BCUT2D eigenvalue weighted by molar-refractivity contribution is -0.140. The molecule has 0 saturated carbocycles. The summed E-state index contributed by atoms with van der Waals surface area (Å²) in [4.78, 5) is 52.8. The average Bonchev–Trinajstić information content (AvgIpc) is 2.74. The number of aromatic nitrogens is 2. The minimum Gasteiger partial charge on any atom is -0.481 e. The molecule has 2 heterocycles. The number of carbonyl (C=O) groups excluding carboxylic acids is 1. The fourth-order valence-electron chi connectivity index (χ4n) is 3.69. The molecule has 0 fully saturated rings. The fraction of sp³-hybridized carbons (Fsp3) is 0.381. The van der Waals surface area contributed by atoms with Crippen LogP contribution in [-0.4, -0.2) is 50.6 Å². The molecule has 2 aromatic rings. The van der Waals surface area contributed by atoms with E-state index in [1.54, 1.807) is 6.07 Å². The fourth-order valence-corrected chi connectivity index (χ4v) is 3.69. The van der Waals surface area contributed by atoms with Crippen LogP contribution in [0.1, 0.15) is 40.7 Å². The van der Waals surface area contributed by atoms with E-state index in [0.29, 0.717) is 42.8 Å². The van der Waals surface area contributed by atoms with E-state index < -0.39 is 36.1 Å². The van der Waals surface area contributed by atoms with E-state index in [4.69, 9.17) is 15.9 Å². The standard InChI is InChI=1S/C21H24FN5O6/c22-14-8-10(1-2-11-7-13-17(24-9-11)26-21(23)27-19(13)31)3-4-12(14)18(30)25-15(20(32)33)5-6-16(28)29/h3-4,8,11,15H,1-2,5-7,9H2,(H,25,30)(H,28,29)(H,32,33)(H4,23,24,26,27,31)/t11?,15-/m0/s1. The van der Waals surface area contributed by atoms with Gasteiger partial charge in [-0.1, -0.05) is 6.07 Å². The van der Waals surface area contributed by atoms with Crippen molar-refractivity contribution >= 4 is 29.6 Å². The lowest BCUT2D eigenvalue weighted by Crippen LogP contribution is -2.41. The Labute approximate surface area is 187 Å². The first kappa shape index (κ1) is 23.7. The quantitative estimate of drug-likeness (QED) is 0.313. The third-order valence-corrected chi connectivity index (χ3v) is 5.45. The minimum absolute atomic E-state index is 0.0425. The Morgan fingerprint density at radius 3 is 2.73 bits per heavy atom. The Kier molecular flexibility index (Phi) is 7.26. The number of nitrogens with two attached hydrogens (primary N) is 1. The van der Waals surface area contributed by atoms with E-state index in [1.807, 2.05) is 0 Å². The number of halogens is 1. The molecule has 1 aromatic heterocycles. The van der Waals surface area contributed by atoms with Crippen LogP contribution >= 0.6 is 0 Å². The average molecular weight is 461 g/mol. The van der Waals surface area contributed by atoms with Gasteiger partial charge in [-0.15, -0.1) is 0 Å². The monoisotopic (exact) mass is 461 g/mol. The maximum atomic E-state index is 14.5. The molecule has 1 amide bonds. The lowest BCUT2D eigenvalue weighted by Gasteiger charge is -2.24. The summed E-state index contributed by atoms with van der Waals surface area (Å²) in [7, 11) is 0. The van der Waals surface area contributed by atoms with Crippen LogP contribution in [0.2, 0.25) is 0 Å². The van der Waals surface area contributed by atoms with Gasteiger partial charge in [0.15, 0.2) is 0 Å². The number of hydrogen-bond acceptors (Lipinski definition) is 7. The zero-order valence-electron chi connectivity index (χ0n) is 17.6. The molecular weight excluding hydrogens is 437 g/mol. The first-order chi connectivity index (χ1) is 15.6. The number of nitrogens with one attached hydrogen (secondary N) is 3. The van der Waals surface area contributed by atoms with Crippen LogP contribution in [0.4, 0.5) is 16.2 Å². The number of aromatic amines is 1. The molecule has 0 aliphatic carbocycles. The van der Waals surface area contributed by atoms with Gasteiger partial charge in [-0.05, 0) is 49.3 Å². The number of benzene rings is 1. The van der Waals surface area contributed by atoms with E-state index in [-0.39, 0.29) is 29.4 Å². The minimum atomic E-state index is -1.44. The van der Waals surface area contributed by atoms with Crippen molar-refractivity contribution in [3.8, 4) is 0 Å². The Morgan fingerprint density at radius 2 is 2.06 bits per heavy atom. The number of H-pyrrole nitrogens is 1. The number of nitrogens with zero attached hydrogens (tertiary/aromatic N) is 1. The van der Waals surface area contributed by atoms with Crippen molar-refractivity contribution in [3.63, 3.8) is 0 Å². The van der Waals surface area contributed by atoms with Gasteiger partial charge in [0.2, 0.25) is 5.95 Å². The highest BCUT2D eigenvalue weighted by Gasteiger charge is 2.24. The van der Waals surface area contributed by atoms with Gasteiger partial charge in [0.25, 0.3) is 11.5 Å². The lowest BCUT2D eigenvalue weighted by atomic mass is 9.91. The molecule has 0 saturated heterocycles. The number of rotatable bonds is 9. The molecule has 33 heavy (non-hydrogen) atoms. The molecule has 7 N–H and O–H groups in total. The van der Waals surface area contributed by atoms with Crippen molar-refractivity contribution in [2.24, 2.45) is 5.92 Å². The van der Waals surface area contributed by atoms with Crippen LogP contribution in [-0.2, 0) is 22.4 Å². The second kappa shape index (κ2) is 10.1. The van der Waals surface area contributed by atoms with Crippen LogP contribution in [0.5, 0.6) is 0 Å². The number of carbonyl (C=O) groups is 3. The van der Waals surface area contributed by atoms with Gasteiger partial charge in [-0.3, -0.25) is 19.4 Å². The normalized spacial score (nSPS) is 15.7. The Morgan fingerprint density at radius 1 is 1.30 bits per heavy atom. The summed E-state index contributed by atoms with van der Waals surface area (Å²) in [5, 5.41) is 23.1. The van der Waals surface area contributed by atoms with Gasteiger partial charge in [0.05, 0.1) is 11.1 Å². The highest BCUT2D eigenvalue weighted by Crippen LogP contribution is 2.24. The number of carboxylic acid groups (broad SMARTS) is 2. The summed E-state index contributed by atoms with van der Waals surface area (Å²) in [5.41, 5.74) is 6.08. The van der Waals surface area contributed by atoms with E-state index in [2.05, 4.69) is 20.6 Å². The Hall–Kier alpha value is -3.96. The molecule has 1 aromatic carbocycles. The van der Waals surface area contributed by atoms with E-state index >= 15 is 0 Å². The summed E-state index contributed by atoms with van der Waals surface area (Å²) in [6.45, 7) is 0.582. The molecule has 0 radical (unpaired) electrons. The Balaban J connectivity index is 1.60. The van der Waals surface area contributed by atoms with E-state index in [9.17, 15) is 23.6 Å².